The fourth-order valence-electron chi connectivity index (χ4n) is 3.77. The highest BCUT2D eigenvalue weighted by molar-refractivity contribution is 5.91. The molecular weight excluding hydrogens is 262 g/mol. The number of benzene rings is 1. The molecule has 114 valence electrons. The third-order valence-corrected chi connectivity index (χ3v) is 4.65. The van der Waals surface area contributed by atoms with E-state index in [9.17, 15) is 4.79 Å². The van der Waals surface area contributed by atoms with Crippen molar-refractivity contribution in [2.75, 3.05) is 11.4 Å². The molecule has 1 aromatic rings. The SMILES string of the molecule is CC(C)(C)OC(=O)N1CC2(CCCCC2)c2ccccc21. The predicted octanol–water partition coefficient (Wildman–Crippen LogP) is 4.64. The second-order valence-corrected chi connectivity index (χ2v) is 7.42. The number of hydrogen-bond acceptors (Lipinski definition) is 2. The normalized spacial score (nSPS) is 20.4. The molecule has 2 aliphatic rings. The summed E-state index contributed by atoms with van der Waals surface area (Å²) in [5.74, 6) is 0. The first-order chi connectivity index (χ1) is 9.91. The van der Waals surface area contributed by atoms with Gasteiger partial charge < -0.3 is 4.74 Å². The summed E-state index contributed by atoms with van der Waals surface area (Å²) in [5.41, 5.74) is 2.10. The predicted molar refractivity (Wildman–Crippen MR) is 84.8 cm³/mol. The summed E-state index contributed by atoms with van der Waals surface area (Å²) in [6.07, 6.45) is 5.99. The maximum absolute atomic E-state index is 12.6. The van der Waals surface area contributed by atoms with E-state index in [0.717, 1.165) is 12.2 Å². The summed E-state index contributed by atoms with van der Waals surface area (Å²) in [5, 5.41) is 0. The Morgan fingerprint density at radius 1 is 1.14 bits per heavy atom. The van der Waals surface area contributed by atoms with Gasteiger partial charge in [-0.25, -0.2) is 4.79 Å². The molecule has 0 aromatic heterocycles. The number of rotatable bonds is 0. The lowest BCUT2D eigenvalue weighted by Crippen LogP contribution is -2.41. The number of carbonyl (C=O) groups excluding carboxylic acids is 1. The number of ether oxygens (including phenoxy) is 1. The third-order valence-electron chi connectivity index (χ3n) is 4.65. The number of nitrogens with zero attached hydrogens (tertiary/aromatic N) is 1. The topological polar surface area (TPSA) is 29.5 Å². The molecule has 0 N–H and O–H groups in total. The summed E-state index contributed by atoms with van der Waals surface area (Å²) in [6, 6.07) is 8.36. The van der Waals surface area contributed by atoms with Crippen LogP contribution >= 0.6 is 0 Å². The van der Waals surface area contributed by atoms with Gasteiger partial charge in [0.05, 0.1) is 5.69 Å². The third kappa shape index (κ3) is 2.66. The van der Waals surface area contributed by atoms with Crippen LogP contribution < -0.4 is 4.90 Å². The lowest BCUT2D eigenvalue weighted by atomic mass is 9.71. The van der Waals surface area contributed by atoms with Gasteiger partial charge in [0.25, 0.3) is 0 Å². The standard InChI is InChI=1S/C18H25NO2/c1-17(2,3)21-16(20)19-13-18(11-7-4-8-12-18)14-9-5-6-10-15(14)19/h5-6,9-10H,4,7-8,11-13H2,1-3H3. The van der Waals surface area contributed by atoms with Crippen LogP contribution in [0.25, 0.3) is 0 Å². The Balaban J connectivity index is 1.93. The highest BCUT2D eigenvalue weighted by atomic mass is 16.6. The van der Waals surface area contributed by atoms with Crippen molar-refractivity contribution in [3.8, 4) is 0 Å². The van der Waals surface area contributed by atoms with E-state index in [0.29, 0.717) is 0 Å². The minimum Gasteiger partial charge on any atom is -0.443 e. The Labute approximate surface area is 127 Å². The van der Waals surface area contributed by atoms with Gasteiger partial charge in [0.15, 0.2) is 0 Å². The van der Waals surface area contributed by atoms with E-state index in [2.05, 4.69) is 18.2 Å². The van der Waals surface area contributed by atoms with Crippen LogP contribution in [0.15, 0.2) is 24.3 Å². The van der Waals surface area contributed by atoms with E-state index in [1.165, 1.54) is 37.7 Å². The van der Waals surface area contributed by atoms with Gasteiger partial charge in [0.1, 0.15) is 5.60 Å². The van der Waals surface area contributed by atoms with Crippen molar-refractivity contribution in [2.45, 2.75) is 63.9 Å². The highest BCUT2D eigenvalue weighted by Gasteiger charge is 2.45. The van der Waals surface area contributed by atoms with Crippen LogP contribution in [0.5, 0.6) is 0 Å². The summed E-state index contributed by atoms with van der Waals surface area (Å²) >= 11 is 0. The molecule has 0 radical (unpaired) electrons. The Morgan fingerprint density at radius 2 is 1.81 bits per heavy atom. The lowest BCUT2D eigenvalue weighted by molar-refractivity contribution is 0.0575. The summed E-state index contributed by atoms with van der Waals surface area (Å²) in [4.78, 5) is 14.4. The largest absolute Gasteiger partial charge is 0.443 e. The maximum Gasteiger partial charge on any atom is 0.414 e. The molecule has 21 heavy (non-hydrogen) atoms. The molecule has 3 rings (SSSR count). The average molecular weight is 287 g/mol. The average Bonchev–Trinajstić information content (AvgIpc) is 2.74. The van der Waals surface area contributed by atoms with Gasteiger partial charge in [-0.2, -0.15) is 0 Å². The molecule has 1 aliphatic carbocycles. The van der Waals surface area contributed by atoms with Crippen LogP contribution in [0.2, 0.25) is 0 Å². The first-order valence-corrected chi connectivity index (χ1v) is 8.01. The molecule has 1 aromatic carbocycles. The van der Waals surface area contributed by atoms with Crippen LogP contribution in [0.3, 0.4) is 0 Å². The Hall–Kier alpha value is -1.51. The van der Waals surface area contributed by atoms with Gasteiger partial charge in [-0.05, 0) is 45.2 Å². The fraction of sp³-hybridized carbons (Fsp3) is 0.611. The van der Waals surface area contributed by atoms with Crippen molar-refractivity contribution in [1.82, 2.24) is 0 Å². The molecule has 1 fully saturated rings. The van der Waals surface area contributed by atoms with E-state index in [4.69, 9.17) is 4.74 Å². The number of para-hydroxylation sites is 1. The maximum atomic E-state index is 12.6. The van der Waals surface area contributed by atoms with Crippen molar-refractivity contribution in [1.29, 1.82) is 0 Å². The number of hydrogen-bond donors (Lipinski definition) is 0. The minimum absolute atomic E-state index is 0.158. The fourth-order valence-corrected chi connectivity index (χ4v) is 3.77. The zero-order chi connectivity index (χ0) is 15.1. The van der Waals surface area contributed by atoms with Crippen molar-refractivity contribution in [3.63, 3.8) is 0 Å². The van der Waals surface area contributed by atoms with Crippen LogP contribution in [-0.2, 0) is 10.2 Å². The molecular formula is C18H25NO2. The zero-order valence-corrected chi connectivity index (χ0v) is 13.3. The second-order valence-electron chi connectivity index (χ2n) is 7.42. The molecule has 1 aliphatic heterocycles. The molecule has 0 bridgehead atoms. The molecule has 1 saturated carbocycles. The molecule has 1 amide bonds. The van der Waals surface area contributed by atoms with E-state index >= 15 is 0 Å². The van der Waals surface area contributed by atoms with Gasteiger partial charge >= 0.3 is 6.09 Å². The Morgan fingerprint density at radius 3 is 2.48 bits per heavy atom. The summed E-state index contributed by atoms with van der Waals surface area (Å²) in [7, 11) is 0. The van der Waals surface area contributed by atoms with Crippen molar-refractivity contribution >= 4 is 11.8 Å². The second kappa shape index (κ2) is 5.04. The van der Waals surface area contributed by atoms with E-state index in [1.807, 2.05) is 31.7 Å². The minimum atomic E-state index is -0.450. The molecule has 0 unspecified atom stereocenters. The van der Waals surface area contributed by atoms with Gasteiger partial charge in [-0.15, -0.1) is 0 Å². The molecule has 1 spiro atoms. The summed E-state index contributed by atoms with van der Waals surface area (Å²) in [6.45, 7) is 6.54. The van der Waals surface area contributed by atoms with E-state index < -0.39 is 5.60 Å². The molecule has 3 heteroatoms. The smallest absolute Gasteiger partial charge is 0.414 e. The number of carbonyl (C=O) groups is 1. The van der Waals surface area contributed by atoms with E-state index in [-0.39, 0.29) is 11.5 Å². The quantitative estimate of drug-likeness (QED) is 0.695. The lowest BCUT2D eigenvalue weighted by Gasteiger charge is -2.34. The van der Waals surface area contributed by atoms with Gasteiger partial charge in [0, 0.05) is 12.0 Å². The number of anilines is 1. The van der Waals surface area contributed by atoms with Crippen LogP contribution in [0.1, 0.15) is 58.4 Å². The van der Waals surface area contributed by atoms with E-state index in [1.54, 1.807) is 0 Å². The highest BCUT2D eigenvalue weighted by Crippen LogP contribution is 2.49. The van der Waals surface area contributed by atoms with Crippen molar-refractivity contribution < 1.29 is 9.53 Å². The van der Waals surface area contributed by atoms with Gasteiger partial charge in [-0.3, -0.25) is 4.90 Å². The molecule has 3 nitrogen and oxygen atoms in total. The number of fused-ring (bicyclic) bond motifs is 2. The monoisotopic (exact) mass is 287 g/mol. The number of amides is 1. The van der Waals surface area contributed by atoms with Crippen LogP contribution in [-0.4, -0.2) is 18.2 Å². The zero-order valence-electron chi connectivity index (χ0n) is 13.3. The molecule has 1 heterocycles. The summed E-state index contributed by atoms with van der Waals surface area (Å²) < 4.78 is 5.60. The first kappa shape index (κ1) is 14.4. The van der Waals surface area contributed by atoms with Crippen LogP contribution in [0, 0.1) is 0 Å². The first-order valence-electron chi connectivity index (χ1n) is 8.01. The van der Waals surface area contributed by atoms with Gasteiger partial charge in [-0.1, -0.05) is 37.5 Å². The Kier molecular flexibility index (Phi) is 3.46. The van der Waals surface area contributed by atoms with Crippen molar-refractivity contribution in [2.24, 2.45) is 0 Å². The molecule has 0 atom stereocenters. The van der Waals surface area contributed by atoms with Crippen LogP contribution in [0.4, 0.5) is 10.5 Å². The Bertz CT molecular complexity index is 538. The van der Waals surface area contributed by atoms with Gasteiger partial charge in [0.2, 0.25) is 0 Å². The molecule has 0 saturated heterocycles. The van der Waals surface area contributed by atoms with Crippen molar-refractivity contribution in [3.05, 3.63) is 29.8 Å².